The molecule has 0 spiro atoms. The third-order valence-electron chi connectivity index (χ3n) is 4.00. The molecule has 0 N–H and O–H groups in total. The standard InChI is InChI=1S/C12F10.C7H17P/c13-3-1(4(14)8(18)11(21)7(3)17)2-5(15)9(19)12(22)10(20)6(2)16;1-4-5-7(2)6-8-3/h;7-8H,4-6H2,1-3H3. The Bertz CT molecular complexity index is 782. The Morgan fingerprint density at radius 1 is 0.567 bits per heavy atom. The Morgan fingerprint density at radius 2 is 0.833 bits per heavy atom. The Hall–Kier alpha value is -1.83. The third kappa shape index (κ3) is 5.25. The minimum atomic E-state index is -2.68. The summed E-state index contributed by atoms with van der Waals surface area (Å²) in [5, 5.41) is 0. The minimum absolute atomic E-state index is 0.975. The fourth-order valence-electron chi connectivity index (χ4n) is 2.59. The second kappa shape index (κ2) is 11.0. The number of rotatable bonds is 5. The quantitative estimate of drug-likeness (QED) is 0.186. The minimum Gasteiger partial charge on any atom is -0.203 e. The summed E-state index contributed by atoms with van der Waals surface area (Å²) in [5.41, 5.74) is -4.52. The van der Waals surface area contributed by atoms with Crippen LogP contribution in [0.25, 0.3) is 11.1 Å². The van der Waals surface area contributed by atoms with E-state index < -0.39 is 69.3 Å². The van der Waals surface area contributed by atoms with Gasteiger partial charge in [0, 0.05) is 0 Å². The molecule has 0 radical (unpaired) electrons. The maximum absolute atomic E-state index is 13.4. The first-order chi connectivity index (χ1) is 13.9. The summed E-state index contributed by atoms with van der Waals surface area (Å²) in [6.45, 7) is 6.89. The second-order valence-electron chi connectivity index (χ2n) is 6.34. The van der Waals surface area contributed by atoms with Crippen LogP contribution in [-0.2, 0) is 0 Å². The van der Waals surface area contributed by atoms with Gasteiger partial charge in [0.1, 0.15) is 0 Å². The molecule has 0 amide bonds. The van der Waals surface area contributed by atoms with Gasteiger partial charge in [-0.1, -0.05) is 26.7 Å². The lowest BCUT2D eigenvalue weighted by atomic mass is 10.0. The van der Waals surface area contributed by atoms with Crippen LogP contribution in [0.3, 0.4) is 0 Å². The van der Waals surface area contributed by atoms with Crippen molar-refractivity contribution in [3.05, 3.63) is 58.2 Å². The molecule has 30 heavy (non-hydrogen) atoms. The van der Waals surface area contributed by atoms with Crippen molar-refractivity contribution in [2.45, 2.75) is 26.7 Å². The highest BCUT2D eigenvalue weighted by Crippen LogP contribution is 2.37. The fraction of sp³-hybridized carbons (Fsp3) is 0.368. The summed E-state index contributed by atoms with van der Waals surface area (Å²) < 4.78 is 131. The van der Waals surface area contributed by atoms with E-state index in [1.807, 2.05) is 0 Å². The number of benzene rings is 2. The number of hydrogen-bond acceptors (Lipinski definition) is 0. The Morgan fingerprint density at radius 3 is 1.07 bits per heavy atom. The Balaban J connectivity index is 0.000000479. The van der Waals surface area contributed by atoms with Gasteiger partial charge in [0.05, 0.1) is 11.1 Å². The molecule has 0 aromatic heterocycles. The molecule has 2 unspecified atom stereocenters. The van der Waals surface area contributed by atoms with Gasteiger partial charge in [0.25, 0.3) is 0 Å². The summed E-state index contributed by atoms with van der Waals surface area (Å²) in [5.74, 6) is -25.7. The highest BCUT2D eigenvalue weighted by Gasteiger charge is 2.34. The predicted molar refractivity (Wildman–Crippen MR) is 94.6 cm³/mol. The normalized spacial score (nSPS) is 12.3. The van der Waals surface area contributed by atoms with Gasteiger partial charge >= 0.3 is 0 Å². The molecule has 0 aliphatic rings. The van der Waals surface area contributed by atoms with Gasteiger partial charge in [0.15, 0.2) is 46.5 Å². The van der Waals surface area contributed by atoms with Gasteiger partial charge in [-0.3, -0.25) is 0 Å². The Kier molecular flexibility index (Phi) is 9.59. The zero-order valence-corrected chi connectivity index (χ0v) is 17.0. The molecule has 11 heteroatoms. The van der Waals surface area contributed by atoms with Gasteiger partial charge in [-0.15, -0.1) is 8.58 Å². The maximum Gasteiger partial charge on any atom is 0.200 e. The van der Waals surface area contributed by atoms with Crippen molar-refractivity contribution in [3.63, 3.8) is 0 Å². The topological polar surface area (TPSA) is 0 Å². The monoisotopic (exact) mass is 466 g/mol. The average molecular weight is 466 g/mol. The van der Waals surface area contributed by atoms with E-state index in [4.69, 9.17) is 0 Å². The highest BCUT2D eigenvalue weighted by atomic mass is 31.1. The first kappa shape index (κ1) is 26.2. The molecule has 168 valence electrons. The molecule has 2 rings (SSSR count). The lowest BCUT2D eigenvalue weighted by Gasteiger charge is -2.11. The van der Waals surface area contributed by atoms with E-state index in [9.17, 15) is 43.9 Å². The molecule has 0 aliphatic carbocycles. The number of halogens is 10. The third-order valence-corrected chi connectivity index (χ3v) is 5.11. The molecule has 2 atom stereocenters. The first-order valence-electron chi connectivity index (χ1n) is 8.59. The first-order valence-corrected chi connectivity index (χ1v) is 10.3. The highest BCUT2D eigenvalue weighted by molar-refractivity contribution is 7.36. The van der Waals surface area contributed by atoms with Crippen molar-refractivity contribution in [2.24, 2.45) is 5.92 Å². The maximum atomic E-state index is 13.4. The molecule has 0 saturated heterocycles. The Labute approximate surface area is 168 Å². The molecular weight excluding hydrogens is 449 g/mol. The van der Waals surface area contributed by atoms with Crippen molar-refractivity contribution >= 4 is 8.58 Å². The van der Waals surface area contributed by atoms with Crippen molar-refractivity contribution in [3.8, 4) is 11.1 Å². The lowest BCUT2D eigenvalue weighted by molar-refractivity contribution is 0.370. The van der Waals surface area contributed by atoms with E-state index in [0.29, 0.717) is 0 Å². The van der Waals surface area contributed by atoms with Crippen LogP contribution in [0.5, 0.6) is 0 Å². The van der Waals surface area contributed by atoms with E-state index in [1.165, 1.54) is 19.0 Å². The number of hydrogen-bond donors (Lipinski definition) is 0. The van der Waals surface area contributed by atoms with Crippen LogP contribution in [-0.4, -0.2) is 12.8 Å². The van der Waals surface area contributed by atoms with E-state index in [-0.39, 0.29) is 0 Å². The second-order valence-corrected chi connectivity index (χ2v) is 7.46. The van der Waals surface area contributed by atoms with E-state index >= 15 is 0 Å². The molecule has 0 nitrogen and oxygen atoms in total. The smallest absolute Gasteiger partial charge is 0.200 e. The van der Waals surface area contributed by atoms with E-state index in [1.54, 1.807) is 0 Å². The molecule has 2 aromatic carbocycles. The predicted octanol–water partition coefficient (Wildman–Crippen LogP) is 7.48. The fourth-order valence-corrected chi connectivity index (χ4v) is 3.49. The summed E-state index contributed by atoms with van der Waals surface area (Å²) in [6, 6.07) is 0. The summed E-state index contributed by atoms with van der Waals surface area (Å²) in [6.07, 6.45) is 4.21. The molecule has 0 fully saturated rings. The van der Waals surface area contributed by atoms with Crippen molar-refractivity contribution < 1.29 is 43.9 Å². The van der Waals surface area contributed by atoms with Crippen molar-refractivity contribution in [2.75, 3.05) is 12.8 Å². The summed E-state index contributed by atoms with van der Waals surface area (Å²) >= 11 is 0. The van der Waals surface area contributed by atoms with Crippen molar-refractivity contribution in [1.29, 1.82) is 0 Å². The van der Waals surface area contributed by atoms with Crippen LogP contribution in [0.4, 0.5) is 43.9 Å². The molecule has 2 aromatic rings. The molecule has 0 heterocycles. The molecule has 0 bridgehead atoms. The molecule has 0 saturated carbocycles. The zero-order chi connectivity index (χ0) is 23.3. The van der Waals surface area contributed by atoms with Crippen LogP contribution in [0.2, 0.25) is 0 Å². The van der Waals surface area contributed by atoms with Crippen LogP contribution >= 0.6 is 8.58 Å². The van der Waals surface area contributed by atoms with Crippen LogP contribution in [0, 0.1) is 64.1 Å². The van der Waals surface area contributed by atoms with Crippen molar-refractivity contribution in [1.82, 2.24) is 0 Å². The lowest BCUT2D eigenvalue weighted by Crippen LogP contribution is -2.10. The van der Waals surface area contributed by atoms with Gasteiger partial charge in [-0.2, -0.15) is 0 Å². The zero-order valence-electron chi connectivity index (χ0n) is 16.0. The van der Waals surface area contributed by atoms with Crippen LogP contribution < -0.4 is 0 Å². The SMILES string of the molecule is CCCC(C)CPC.Fc1c(F)c(F)c(-c2c(F)c(F)c(F)c(F)c2F)c(F)c1F. The van der Waals surface area contributed by atoms with Gasteiger partial charge in [0.2, 0.25) is 11.6 Å². The summed E-state index contributed by atoms with van der Waals surface area (Å²) in [7, 11) is 1.15. The van der Waals surface area contributed by atoms with E-state index in [2.05, 4.69) is 20.5 Å². The van der Waals surface area contributed by atoms with Crippen LogP contribution in [0.15, 0.2) is 0 Å². The summed E-state index contributed by atoms with van der Waals surface area (Å²) in [4.78, 5) is 0. The van der Waals surface area contributed by atoms with Crippen LogP contribution in [0.1, 0.15) is 26.7 Å². The van der Waals surface area contributed by atoms with Gasteiger partial charge in [-0.05, 0) is 18.7 Å². The molecular formula is C19H17F10P. The van der Waals surface area contributed by atoms with Gasteiger partial charge in [-0.25, -0.2) is 43.9 Å². The van der Waals surface area contributed by atoms with E-state index in [0.717, 1.165) is 14.5 Å². The van der Waals surface area contributed by atoms with Gasteiger partial charge < -0.3 is 0 Å². The average Bonchev–Trinajstić information content (AvgIpc) is 2.71. The largest absolute Gasteiger partial charge is 0.203 e. The molecule has 0 aliphatic heterocycles.